The second kappa shape index (κ2) is 9.37. The van der Waals surface area contributed by atoms with Gasteiger partial charge < -0.3 is 10.3 Å². The van der Waals surface area contributed by atoms with Crippen LogP contribution in [0.3, 0.4) is 0 Å². The van der Waals surface area contributed by atoms with Gasteiger partial charge in [0.1, 0.15) is 6.67 Å². The van der Waals surface area contributed by atoms with E-state index in [1.807, 2.05) is 19.9 Å². The van der Waals surface area contributed by atoms with E-state index in [4.69, 9.17) is 0 Å². The molecule has 2 N–H and O–H groups in total. The standard InChI is InChI=1S/C21H26FN3O.C2H6/c1-2-3-8-23-21(26)15-10-17-16-5-4-6-18-20(16)14(12-24-18)11-19(17)25(13-15)9-7-22;1-2/h4-6,10,12,15,19,24H,2-3,7-9,11,13H2,1H3,(H,23,26);1-2H3. The fraction of sp³-hybridized carbons (Fsp3) is 0.522. The maximum absolute atomic E-state index is 13.2. The van der Waals surface area contributed by atoms with Crippen molar-refractivity contribution in [3.63, 3.8) is 0 Å². The van der Waals surface area contributed by atoms with E-state index < -0.39 is 6.67 Å². The van der Waals surface area contributed by atoms with Crippen LogP contribution in [0.2, 0.25) is 0 Å². The Morgan fingerprint density at radius 2 is 2.18 bits per heavy atom. The highest BCUT2D eigenvalue weighted by Gasteiger charge is 2.36. The number of nitrogens with one attached hydrogen (secondary N) is 2. The molecule has 4 rings (SSSR count). The van der Waals surface area contributed by atoms with Gasteiger partial charge in [0.15, 0.2) is 0 Å². The molecule has 1 aromatic carbocycles. The number of amides is 1. The molecular weight excluding hydrogens is 353 g/mol. The fourth-order valence-electron chi connectivity index (χ4n) is 4.36. The van der Waals surface area contributed by atoms with Crippen LogP contribution in [-0.2, 0) is 11.2 Å². The van der Waals surface area contributed by atoms with Crippen molar-refractivity contribution < 1.29 is 9.18 Å². The Morgan fingerprint density at radius 1 is 1.36 bits per heavy atom. The predicted molar refractivity (Wildman–Crippen MR) is 114 cm³/mol. The van der Waals surface area contributed by atoms with E-state index in [0.29, 0.717) is 19.6 Å². The highest BCUT2D eigenvalue weighted by Crippen LogP contribution is 2.41. The van der Waals surface area contributed by atoms with Gasteiger partial charge in [0.25, 0.3) is 0 Å². The minimum absolute atomic E-state index is 0.0558. The number of halogens is 1. The zero-order valence-corrected chi connectivity index (χ0v) is 17.2. The van der Waals surface area contributed by atoms with Crippen LogP contribution < -0.4 is 5.32 Å². The molecule has 2 atom stereocenters. The topological polar surface area (TPSA) is 48.1 Å². The summed E-state index contributed by atoms with van der Waals surface area (Å²) in [6, 6.07) is 6.41. The summed E-state index contributed by atoms with van der Waals surface area (Å²) in [5.41, 5.74) is 4.78. The summed E-state index contributed by atoms with van der Waals surface area (Å²) in [5, 5.41) is 4.29. The lowest BCUT2D eigenvalue weighted by Crippen LogP contribution is -2.49. The molecule has 1 aliphatic heterocycles. The van der Waals surface area contributed by atoms with Crippen molar-refractivity contribution in [1.29, 1.82) is 0 Å². The molecule has 4 nitrogen and oxygen atoms in total. The summed E-state index contributed by atoms with van der Waals surface area (Å²) in [7, 11) is 0. The van der Waals surface area contributed by atoms with Gasteiger partial charge in [0, 0.05) is 42.8 Å². The molecule has 1 aromatic heterocycles. The number of unbranched alkanes of at least 4 members (excludes halogenated alkanes) is 1. The summed E-state index contributed by atoms with van der Waals surface area (Å²) in [6.07, 6.45) is 7.11. The molecule has 5 heteroatoms. The third kappa shape index (κ3) is 3.86. The van der Waals surface area contributed by atoms with E-state index in [2.05, 4.69) is 46.5 Å². The molecule has 0 fully saturated rings. The van der Waals surface area contributed by atoms with Crippen LogP contribution in [0.1, 0.15) is 44.7 Å². The van der Waals surface area contributed by atoms with Crippen LogP contribution in [0, 0.1) is 5.92 Å². The average molecular weight is 386 g/mol. The summed E-state index contributed by atoms with van der Waals surface area (Å²) in [4.78, 5) is 18.1. The highest BCUT2D eigenvalue weighted by atomic mass is 19.1. The number of aromatic amines is 1. The molecule has 2 aliphatic rings. The van der Waals surface area contributed by atoms with Crippen molar-refractivity contribution in [3.8, 4) is 0 Å². The summed E-state index contributed by atoms with van der Waals surface area (Å²) in [6.45, 7) is 7.39. The highest BCUT2D eigenvalue weighted by molar-refractivity contribution is 5.99. The maximum atomic E-state index is 13.2. The lowest BCUT2D eigenvalue weighted by molar-refractivity contribution is -0.124. The van der Waals surface area contributed by atoms with Crippen molar-refractivity contribution in [2.24, 2.45) is 5.92 Å². The number of carbonyl (C=O) groups is 1. The van der Waals surface area contributed by atoms with Gasteiger partial charge in [-0.3, -0.25) is 9.69 Å². The van der Waals surface area contributed by atoms with E-state index in [1.165, 1.54) is 22.1 Å². The number of hydrogen-bond acceptors (Lipinski definition) is 2. The molecule has 28 heavy (non-hydrogen) atoms. The van der Waals surface area contributed by atoms with E-state index in [-0.39, 0.29) is 17.9 Å². The first-order chi connectivity index (χ1) is 13.7. The minimum Gasteiger partial charge on any atom is -0.361 e. The third-order valence-corrected chi connectivity index (χ3v) is 5.66. The Balaban J connectivity index is 0.00000109. The van der Waals surface area contributed by atoms with Crippen molar-refractivity contribution in [3.05, 3.63) is 41.6 Å². The van der Waals surface area contributed by atoms with E-state index in [9.17, 15) is 9.18 Å². The van der Waals surface area contributed by atoms with Gasteiger partial charge in [-0.25, -0.2) is 4.39 Å². The number of alkyl halides is 1. The van der Waals surface area contributed by atoms with Gasteiger partial charge in [-0.15, -0.1) is 0 Å². The summed E-state index contributed by atoms with van der Waals surface area (Å²) in [5.74, 6) is -0.166. The molecule has 0 spiro atoms. The molecule has 2 heterocycles. The van der Waals surface area contributed by atoms with Gasteiger partial charge in [0.05, 0.1) is 5.92 Å². The van der Waals surface area contributed by atoms with E-state index in [0.717, 1.165) is 24.8 Å². The number of H-pyrrole nitrogens is 1. The SMILES string of the molecule is CC.CCCCNC(=O)C1C=C2c3cccc4[nH]cc(c34)CC2N(CCF)C1. The van der Waals surface area contributed by atoms with Crippen LogP contribution in [0.15, 0.2) is 30.5 Å². The molecule has 1 aliphatic carbocycles. The molecule has 2 unspecified atom stereocenters. The predicted octanol–water partition coefficient (Wildman–Crippen LogP) is 4.32. The van der Waals surface area contributed by atoms with Gasteiger partial charge in [-0.1, -0.05) is 45.4 Å². The van der Waals surface area contributed by atoms with E-state index >= 15 is 0 Å². The number of aromatic nitrogens is 1. The third-order valence-electron chi connectivity index (χ3n) is 5.66. The lowest BCUT2D eigenvalue weighted by Gasteiger charge is -2.41. The maximum Gasteiger partial charge on any atom is 0.228 e. The second-order valence-electron chi connectivity index (χ2n) is 7.32. The zero-order chi connectivity index (χ0) is 20.1. The smallest absolute Gasteiger partial charge is 0.228 e. The average Bonchev–Trinajstić information content (AvgIpc) is 3.14. The molecule has 2 aromatic rings. The first-order valence-electron chi connectivity index (χ1n) is 10.6. The largest absolute Gasteiger partial charge is 0.361 e. The Morgan fingerprint density at radius 3 is 2.93 bits per heavy atom. The van der Waals surface area contributed by atoms with Crippen molar-refractivity contribution >= 4 is 22.4 Å². The monoisotopic (exact) mass is 385 g/mol. The molecule has 0 saturated carbocycles. The quantitative estimate of drug-likeness (QED) is 0.728. The number of hydrogen-bond donors (Lipinski definition) is 2. The number of carbonyl (C=O) groups excluding carboxylic acids is 1. The Kier molecular flexibility index (Phi) is 6.89. The number of nitrogens with zero attached hydrogens (tertiary/aromatic N) is 1. The fourth-order valence-corrected chi connectivity index (χ4v) is 4.36. The minimum atomic E-state index is -0.391. The number of fused-ring (bicyclic) bond motifs is 2. The second-order valence-corrected chi connectivity index (χ2v) is 7.32. The molecule has 0 saturated heterocycles. The molecule has 0 bridgehead atoms. The molecule has 152 valence electrons. The number of rotatable bonds is 6. The van der Waals surface area contributed by atoms with Gasteiger partial charge in [-0.05, 0) is 35.6 Å². The molecule has 1 amide bonds. The molecule has 0 radical (unpaired) electrons. The lowest BCUT2D eigenvalue weighted by atomic mass is 9.79. The van der Waals surface area contributed by atoms with Crippen LogP contribution in [0.4, 0.5) is 4.39 Å². The summed E-state index contributed by atoms with van der Waals surface area (Å²) < 4.78 is 13.2. The Labute approximate surface area is 167 Å². The van der Waals surface area contributed by atoms with Crippen LogP contribution in [-0.4, -0.2) is 48.1 Å². The van der Waals surface area contributed by atoms with Crippen LogP contribution >= 0.6 is 0 Å². The first-order valence-corrected chi connectivity index (χ1v) is 10.6. The summed E-state index contributed by atoms with van der Waals surface area (Å²) >= 11 is 0. The first kappa shape index (κ1) is 20.6. The van der Waals surface area contributed by atoms with Crippen molar-refractivity contribution in [2.45, 2.75) is 46.1 Å². The van der Waals surface area contributed by atoms with Gasteiger partial charge in [0.2, 0.25) is 5.91 Å². The van der Waals surface area contributed by atoms with Gasteiger partial charge >= 0.3 is 0 Å². The Hall–Kier alpha value is -2.14. The molecular formula is C23H32FN3O. The van der Waals surface area contributed by atoms with Crippen LogP contribution in [0.5, 0.6) is 0 Å². The number of benzene rings is 1. The van der Waals surface area contributed by atoms with E-state index in [1.54, 1.807) is 0 Å². The van der Waals surface area contributed by atoms with Crippen LogP contribution in [0.25, 0.3) is 16.5 Å². The normalized spacial score (nSPS) is 20.8. The van der Waals surface area contributed by atoms with Crippen molar-refractivity contribution in [1.82, 2.24) is 15.2 Å². The van der Waals surface area contributed by atoms with Crippen molar-refractivity contribution in [2.75, 3.05) is 26.3 Å². The Bertz CT molecular complexity index is 841. The zero-order valence-electron chi connectivity index (χ0n) is 17.2. The van der Waals surface area contributed by atoms with Gasteiger partial charge in [-0.2, -0.15) is 0 Å².